The number of rotatable bonds is 2. The van der Waals surface area contributed by atoms with Crippen molar-refractivity contribution >= 4 is 28.6 Å². The molecule has 0 fully saturated rings. The number of anilines is 2. The molecule has 3 nitrogen and oxygen atoms in total. The molecule has 1 amide bonds. The van der Waals surface area contributed by atoms with Crippen LogP contribution in [-0.4, -0.2) is 13.0 Å². The van der Waals surface area contributed by atoms with Crippen LogP contribution in [0.4, 0.5) is 11.4 Å². The highest BCUT2D eigenvalue weighted by atomic mass is 32.1. The molecule has 18 heavy (non-hydrogen) atoms. The van der Waals surface area contributed by atoms with Crippen molar-refractivity contribution in [2.24, 2.45) is 0 Å². The van der Waals surface area contributed by atoms with Gasteiger partial charge in [-0.15, -0.1) is 11.3 Å². The molecule has 2 aromatic rings. The first-order chi connectivity index (χ1) is 8.49. The maximum atomic E-state index is 12.3. The van der Waals surface area contributed by atoms with Crippen molar-refractivity contribution in [1.29, 1.82) is 0 Å². The van der Waals surface area contributed by atoms with E-state index in [0.717, 1.165) is 16.8 Å². The van der Waals surface area contributed by atoms with E-state index in [1.165, 1.54) is 11.3 Å². The second kappa shape index (κ2) is 4.82. The Labute approximate surface area is 111 Å². The lowest BCUT2D eigenvalue weighted by atomic mass is 10.1. The van der Waals surface area contributed by atoms with Gasteiger partial charge < -0.3 is 10.6 Å². The van der Waals surface area contributed by atoms with Gasteiger partial charge in [-0.25, -0.2) is 0 Å². The molecule has 0 unspecified atom stereocenters. The van der Waals surface area contributed by atoms with Gasteiger partial charge in [-0.05, 0) is 48.6 Å². The third kappa shape index (κ3) is 2.38. The first-order valence-electron chi connectivity index (χ1n) is 5.68. The molecule has 94 valence electrons. The van der Waals surface area contributed by atoms with E-state index in [4.69, 9.17) is 5.73 Å². The van der Waals surface area contributed by atoms with E-state index < -0.39 is 0 Å². The highest BCUT2D eigenvalue weighted by Crippen LogP contribution is 2.24. The van der Waals surface area contributed by atoms with Crippen LogP contribution >= 0.6 is 11.3 Å². The van der Waals surface area contributed by atoms with Crippen molar-refractivity contribution < 1.29 is 4.79 Å². The van der Waals surface area contributed by atoms with Gasteiger partial charge in [-0.2, -0.15) is 0 Å². The minimum Gasteiger partial charge on any atom is -0.397 e. The smallest absolute Gasteiger partial charge is 0.270 e. The second-order valence-corrected chi connectivity index (χ2v) is 5.33. The number of nitrogen functional groups attached to an aromatic ring is 1. The van der Waals surface area contributed by atoms with Crippen LogP contribution in [0.3, 0.4) is 0 Å². The Balaban J connectivity index is 2.34. The lowest BCUT2D eigenvalue weighted by molar-refractivity contribution is 0.0997. The molecular formula is C14H16N2OS. The molecule has 0 saturated heterocycles. The predicted molar refractivity (Wildman–Crippen MR) is 77.4 cm³/mol. The largest absolute Gasteiger partial charge is 0.397 e. The maximum absolute atomic E-state index is 12.3. The van der Waals surface area contributed by atoms with Gasteiger partial charge in [0.1, 0.15) is 4.88 Å². The van der Waals surface area contributed by atoms with Gasteiger partial charge in [0.15, 0.2) is 0 Å². The van der Waals surface area contributed by atoms with Crippen LogP contribution in [0.2, 0.25) is 0 Å². The molecule has 0 aliphatic rings. The van der Waals surface area contributed by atoms with Crippen LogP contribution in [0.5, 0.6) is 0 Å². The van der Waals surface area contributed by atoms with Gasteiger partial charge in [0.25, 0.3) is 5.91 Å². The van der Waals surface area contributed by atoms with E-state index in [9.17, 15) is 4.79 Å². The van der Waals surface area contributed by atoms with Gasteiger partial charge in [0, 0.05) is 12.7 Å². The molecule has 0 aliphatic carbocycles. The van der Waals surface area contributed by atoms with Crippen LogP contribution < -0.4 is 10.6 Å². The Morgan fingerprint density at radius 3 is 2.33 bits per heavy atom. The fourth-order valence-corrected chi connectivity index (χ4v) is 2.70. The number of hydrogen-bond donors (Lipinski definition) is 1. The lowest BCUT2D eigenvalue weighted by Crippen LogP contribution is -2.26. The van der Waals surface area contributed by atoms with Crippen LogP contribution in [0, 0.1) is 13.8 Å². The van der Waals surface area contributed by atoms with Gasteiger partial charge in [-0.3, -0.25) is 4.79 Å². The van der Waals surface area contributed by atoms with Gasteiger partial charge >= 0.3 is 0 Å². The maximum Gasteiger partial charge on any atom is 0.270 e. The molecule has 0 spiro atoms. The monoisotopic (exact) mass is 260 g/mol. The zero-order valence-corrected chi connectivity index (χ0v) is 11.5. The topological polar surface area (TPSA) is 46.3 Å². The molecule has 0 bridgehead atoms. The van der Waals surface area contributed by atoms with Gasteiger partial charge in [0.2, 0.25) is 0 Å². The van der Waals surface area contributed by atoms with Crippen molar-refractivity contribution in [3.63, 3.8) is 0 Å². The standard InChI is InChI=1S/C14H16N2OS/c1-9-6-10(2)8-11(7-9)16(3)14(17)13-12(15)4-5-18-13/h4-8H,15H2,1-3H3. The quantitative estimate of drug-likeness (QED) is 0.901. The van der Waals surface area contributed by atoms with E-state index in [2.05, 4.69) is 6.07 Å². The Kier molecular flexibility index (Phi) is 3.39. The fourth-order valence-electron chi connectivity index (χ4n) is 1.91. The highest BCUT2D eigenvalue weighted by Gasteiger charge is 2.17. The molecule has 0 aliphatic heterocycles. The van der Waals surface area contributed by atoms with Gasteiger partial charge in [0.05, 0.1) is 5.69 Å². The third-order valence-electron chi connectivity index (χ3n) is 2.79. The summed E-state index contributed by atoms with van der Waals surface area (Å²) >= 11 is 1.37. The van der Waals surface area contributed by atoms with Crippen LogP contribution in [0.15, 0.2) is 29.6 Å². The SMILES string of the molecule is Cc1cc(C)cc(N(C)C(=O)c2sccc2N)c1. The molecule has 0 radical (unpaired) electrons. The normalized spacial score (nSPS) is 10.4. The molecule has 4 heteroatoms. The number of benzene rings is 1. The molecule has 2 N–H and O–H groups in total. The first-order valence-corrected chi connectivity index (χ1v) is 6.56. The number of thiophene rings is 1. The number of aryl methyl sites for hydroxylation is 2. The lowest BCUT2D eigenvalue weighted by Gasteiger charge is -2.18. The summed E-state index contributed by atoms with van der Waals surface area (Å²) in [5, 5.41) is 1.83. The van der Waals surface area contributed by atoms with Crippen molar-refractivity contribution in [2.75, 3.05) is 17.7 Å². The zero-order valence-electron chi connectivity index (χ0n) is 10.7. The Morgan fingerprint density at radius 2 is 1.83 bits per heavy atom. The Bertz CT molecular complexity index is 569. The molecule has 1 aromatic carbocycles. The summed E-state index contributed by atoms with van der Waals surface area (Å²) in [7, 11) is 1.77. The minimum atomic E-state index is -0.0625. The predicted octanol–water partition coefficient (Wildman–Crippen LogP) is 3.22. The number of nitrogens with zero attached hydrogens (tertiary/aromatic N) is 1. The van der Waals surface area contributed by atoms with Crippen molar-refractivity contribution in [3.8, 4) is 0 Å². The van der Waals surface area contributed by atoms with Crippen LogP contribution in [-0.2, 0) is 0 Å². The molecular weight excluding hydrogens is 244 g/mol. The number of hydrogen-bond acceptors (Lipinski definition) is 3. The summed E-state index contributed by atoms with van der Waals surface area (Å²) in [6.45, 7) is 4.04. The minimum absolute atomic E-state index is 0.0625. The van der Waals surface area contributed by atoms with E-state index in [1.54, 1.807) is 18.0 Å². The van der Waals surface area contributed by atoms with Crippen molar-refractivity contribution in [3.05, 3.63) is 45.6 Å². The summed E-state index contributed by atoms with van der Waals surface area (Å²) in [6.07, 6.45) is 0. The van der Waals surface area contributed by atoms with Crippen molar-refractivity contribution in [2.45, 2.75) is 13.8 Å². The number of nitrogens with two attached hydrogens (primary N) is 1. The van der Waals surface area contributed by atoms with E-state index in [1.807, 2.05) is 31.4 Å². The third-order valence-corrected chi connectivity index (χ3v) is 3.71. The summed E-state index contributed by atoms with van der Waals surface area (Å²) < 4.78 is 0. The fraction of sp³-hybridized carbons (Fsp3) is 0.214. The molecule has 1 aromatic heterocycles. The number of amides is 1. The molecule has 2 rings (SSSR count). The first kappa shape index (κ1) is 12.6. The van der Waals surface area contributed by atoms with Crippen LogP contribution in [0.1, 0.15) is 20.8 Å². The summed E-state index contributed by atoms with van der Waals surface area (Å²) in [5.74, 6) is -0.0625. The number of carbonyl (C=O) groups excluding carboxylic acids is 1. The van der Waals surface area contributed by atoms with E-state index in [0.29, 0.717) is 10.6 Å². The highest BCUT2D eigenvalue weighted by molar-refractivity contribution is 7.12. The van der Waals surface area contributed by atoms with E-state index in [-0.39, 0.29) is 5.91 Å². The number of carbonyl (C=O) groups is 1. The zero-order chi connectivity index (χ0) is 13.3. The average Bonchev–Trinajstić information content (AvgIpc) is 2.72. The molecule has 0 atom stereocenters. The van der Waals surface area contributed by atoms with Crippen molar-refractivity contribution in [1.82, 2.24) is 0 Å². The Hall–Kier alpha value is -1.81. The summed E-state index contributed by atoms with van der Waals surface area (Å²) in [4.78, 5) is 14.5. The van der Waals surface area contributed by atoms with E-state index >= 15 is 0 Å². The second-order valence-electron chi connectivity index (χ2n) is 4.42. The van der Waals surface area contributed by atoms with Gasteiger partial charge in [-0.1, -0.05) is 6.07 Å². The molecule has 1 heterocycles. The average molecular weight is 260 g/mol. The molecule has 0 saturated carbocycles. The Morgan fingerprint density at radius 1 is 1.22 bits per heavy atom. The summed E-state index contributed by atoms with van der Waals surface area (Å²) in [6, 6.07) is 7.83. The van der Waals surface area contributed by atoms with Crippen LogP contribution in [0.25, 0.3) is 0 Å². The summed E-state index contributed by atoms with van der Waals surface area (Å²) in [5.41, 5.74) is 9.50.